The molecule has 0 atom stereocenters. The van der Waals surface area contributed by atoms with Crippen molar-refractivity contribution in [2.24, 2.45) is 5.73 Å². The molecule has 0 amide bonds. The fourth-order valence-corrected chi connectivity index (χ4v) is 0.736. The zero-order valence-electron chi connectivity index (χ0n) is 5.50. The van der Waals surface area contributed by atoms with Gasteiger partial charge in [-0.05, 0) is 7.05 Å². The van der Waals surface area contributed by atoms with Crippen LogP contribution in [0.1, 0.15) is 0 Å². The molecular formula is C5H12N2OS. The number of hydrogen-bond donors (Lipinski definition) is 2. The van der Waals surface area contributed by atoms with Gasteiger partial charge < -0.3 is 10.8 Å². The lowest BCUT2D eigenvalue weighted by Gasteiger charge is -2.12. The molecule has 0 saturated carbocycles. The number of hydrogen-bond acceptors (Lipinski definition) is 3. The Kier molecular flexibility index (Phi) is 4.57. The molecule has 3 N–H and O–H groups in total. The highest BCUT2D eigenvalue weighted by molar-refractivity contribution is 7.80. The predicted octanol–water partition coefficient (Wildman–Crippen LogP) is -0.803. The molecule has 0 bridgehead atoms. The van der Waals surface area contributed by atoms with E-state index < -0.39 is 0 Å². The Hall–Kier alpha value is -0.190. The Morgan fingerprint density at radius 1 is 1.78 bits per heavy atom. The van der Waals surface area contributed by atoms with Crippen LogP contribution in [-0.4, -0.2) is 41.7 Å². The fourth-order valence-electron chi connectivity index (χ4n) is 0.516. The molecule has 0 aliphatic carbocycles. The third-order valence-corrected chi connectivity index (χ3v) is 1.04. The maximum absolute atomic E-state index is 8.42. The van der Waals surface area contributed by atoms with Gasteiger partial charge in [-0.3, -0.25) is 4.90 Å². The van der Waals surface area contributed by atoms with Crippen LogP contribution in [0.5, 0.6) is 0 Å². The Morgan fingerprint density at radius 3 is 2.67 bits per heavy atom. The maximum atomic E-state index is 8.42. The van der Waals surface area contributed by atoms with Gasteiger partial charge in [0.15, 0.2) is 0 Å². The smallest absolute Gasteiger partial charge is 0.0869 e. The lowest BCUT2D eigenvalue weighted by molar-refractivity contribution is 0.235. The summed E-state index contributed by atoms with van der Waals surface area (Å²) < 4.78 is 0. The van der Waals surface area contributed by atoms with Crippen LogP contribution in [0.15, 0.2) is 0 Å². The summed E-state index contributed by atoms with van der Waals surface area (Å²) >= 11 is 4.64. The minimum absolute atomic E-state index is 0.152. The lowest BCUT2D eigenvalue weighted by Crippen LogP contribution is -2.31. The minimum atomic E-state index is 0.152. The largest absolute Gasteiger partial charge is 0.395 e. The van der Waals surface area contributed by atoms with E-state index in [1.165, 1.54) is 0 Å². The molecule has 0 unspecified atom stereocenters. The van der Waals surface area contributed by atoms with Crippen molar-refractivity contribution in [2.45, 2.75) is 0 Å². The van der Waals surface area contributed by atoms with Crippen molar-refractivity contribution < 1.29 is 5.11 Å². The van der Waals surface area contributed by atoms with E-state index in [1.54, 1.807) is 0 Å². The van der Waals surface area contributed by atoms with Crippen molar-refractivity contribution >= 4 is 17.2 Å². The van der Waals surface area contributed by atoms with Crippen LogP contribution in [-0.2, 0) is 0 Å². The molecule has 0 aromatic rings. The second kappa shape index (κ2) is 4.67. The van der Waals surface area contributed by atoms with E-state index in [9.17, 15) is 0 Å². The number of likely N-dealkylation sites (N-methyl/N-ethyl adjacent to an activating group) is 1. The van der Waals surface area contributed by atoms with E-state index >= 15 is 0 Å². The highest BCUT2D eigenvalue weighted by atomic mass is 32.1. The quantitative estimate of drug-likeness (QED) is 0.512. The summed E-state index contributed by atoms with van der Waals surface area (Å²) in [5.41, 5.74) is 5.23. The second-order valence-corrected chi connectivity index (χ2v) is 2.45. The molecule has 9 heavy (non-hydrogen) atoms. The molecule has 0 saturated heterocycles. The van der Waals surface area contributed by atoms with E-state index in [1.807, 2.05) is 11.9 Å². The molecule has 4 heteroatoms. The second-order valence-electron chi connectivity index (χ2n) is 1.93. The summed E-state index contributed by atoms with van der Waals surface area (Å²) in [7, 11) is 1.86. The predicted molar refractivity (Wildman–Crippen MR) is 41.4 cm³/mol. The van der Waals surface area contributed by atoms with Gasteiger partial charge in [0.05, 0.1) is 11.6 Å². The first-order chi connectivity index (χ1) is 4.16. The van der Waals surface area contributed by atoms with Crippen LogP contribution >= 0.6 is 12.2 Å². The molecular weight excluding hydrogens is 136 g/mol. The number of aliphatic hydroxyl groups excluding tert-OH is 1. The molecule has 0 rings (SSSR count). The summed E-state index contributed by atoms with van der Waals surface area (Å²) in [6, 6.07) is 0. The Bertz CT molecular complexity index is 97.0. The summed E-state index contributed by atoms with van der Waals surface area (Å²) in [5, 5.41) is 8.42. The molecule has 54 valence electrons. The molecule has 0 aromatic carbocycles. The van der Waals surface area contributed by atoms with Crippen LogP contribution in [0, 0.1) is 0 Å². The van der Waals surface area contributed by atoms with Gasteiger partial charge in [-0.25, -0.2) is 0 Å². The Labute approximate surface area is 60.5 Å². The topological polar surface area (TPSA) is 49.5 Å². The Balaban J connectivity index is 3.26. The standard InChI is InChI=1S/C5H12N2OS/c1-7(2-3-8)4-5(6)9/h8H,2-4H2,1H3,(H2,6,9). The van der Waals surface area contributed by atoms with Crippen molar-refractivity contribution in [3.8, 4) is 0 Å². The summed E-state index contributed by atoms with van der Waals surface area (Å²) in [4.78, 5) is 2.33. The van der Waals surface area contributed by atoms with Crippen molar-refractivity contribution in [1.29, 1.82) is 0 Å². The van der Waals surface area contributed by atoms with Crippen LogP contribution in [0.2, 0.25) is 0 Å². The summed E-state index contributed by atoms with van der Waals surface area (Å²) in [6.07, 6.45) is 0. The van der Waals surface area contributed by atoms with Gasteiger partial charge in [0.25, 0.3) is 0 Å². The first-order valence-electron chi connectivity index (χ1n) is 2.74. The Morgan fingerprint density at radius 2 is 2.33 bits per heavy atom. The van der Waals surface area contributed by atoms with E-state index in [0.29, 0.717) is 18.1 Å². The normalized spacial score (nSPS) is 10.1. The molecule has 0 spiro atoms. The molecule has 0 aliphatic heterocycles. The lowest BCUT2D eigenvalue weighted by atomic mass is 10.5. The van der Waals surface area contributed by atoms with E-state index in [0.717, 1.165) is 0 Å². The number of nitrogens with zero attached hydrogens (tertiary/aromatic N) is 1. The molecule has 0 heterocycles. The van der Waals surface area contributed by atoms with Crippen molar-refractivity contribution in [1.82, 2.24) is 4.90 Å². The number of rotatable bonds is 4. The van der Waals surface area contributed by atoms with E-state index in [4.69, 9.17) is 10.8 Å². The van der Waals surface area contributed by atoms with Crippen LogP contribution in [0.25, 0.3) is 0 Å². The summed E-state index contributed by atoms with van der Waals surface area (Å²) in [6.45, 7) is 1.35. The highest BCUT2D eigenvalue weighted by Gasteiger charge is 1.96. The number of thiocarbonyl (C=S) groups is 1. The third kappa shape index (κ3) is 5.68. The fraction of sp³-hybridized carbons (Fsp3) is 0.800. The van der Waals surface area contributed by atoms with Gasteiger partial charge in [-0.2, -0.15) is 0 Å². The van der Waals surface area contributed by atoms with Crippen molar-refractivity contribution in [3.05, 3.63) is 0 Å². The molecule has 3 nitrogen and oxygen atoms in total. The SMILES string of the molecule is CN(CCO)CC(N)=S. The van der Waals surface area contributed by atoms with Crippen LogP contribution < -0.4 is 5.73 Å². The zero-order valence-corrected chi connectivity index (χ0v) is 6.32. The van der Waals surface area contributed by atoms with Gasteiger partial charge in [-0.15, -0.1) is 0 Å². The monoisotopic (exact) mass is 148 g/mol. The van der Waals surface area contributed by atoms with Gasteiger partial charge in [0.1, 0.15) is 0 Å². The van der Waals surface area contributed by atoms with Gasteiger partial charge >= 0.3 is 0 Å². The average molecular weight is 148 g/mol. The molecule has 0 fully saturated rings. The zero-order chi connectivity index (χ0) is 7.28. The maximum Gasteiger partial charge on any atom is 0.0869 e. The molecule has 0 aliphatic rings. The first kappa shape index (κ1) is 8.81. The molecule has 0 aromatic heterocycles. The van der Waals surface area contributed by atoms with Gasteiger partial charge in [-0.1, -0.05) is 12.2 Å². The van der Waals surface area contributed by atoms with Crippen molar-refractivity contribution in [2.75, 3.05) is 26.7 Å². The van der Waals surface area contributed by atoms with Crippen LogP contribution in [0.3, 0.4) is 0 Å². The van der Waals surface area contributed by atoms with E-state index in [2.05, 4.69) is 12.2 Å². The van der Waals surface area contributed by atoms with Crippen molar-refractivity contribution in [3.63, 3.8) is 0 Å². The molecule has 0 radical (unpaired) electrons. The first-order valence-corrected chi connectivity index (χ1v) is 3.15. The highest BCUT2D eigenvalue weighted by Crippen LogP contribution is 1.79. The van der Waals surface area contributed by atoms with Gasteiger partial charge in [0.2, 0.25) is 0 Å². The number of aliphatic hydroxyl groups is 1. The van der Waals surface area contributed by atoms with E-state index in [-0.39, 0.29) is 6.61 Å². The average Bonchev–Trinajstić information content (AvgIpc) is 1.63. The third-order valence-electron chi connectivity index (χ3n) is 0.907. The van der Waals surface area contributed by atoms with Crippen LogP contribution in [0.4, 0.5) is 0 Å². The number of nitrogens with two attached hydrogens (primary N) is 1. The minimum Gasteiger partial charge on any atom is -0.395 e. The summed E-state index contributed by atoms with van der Waals surface area (Å²) in [5.74, 6) is 0. The van der Waals surface area contributed by atoms with Gasteiger partial charge in [0, 0.05) is 13.1 Å².